The maximum absolute atomic E-state index is 13.5. The summed E-state index contributed by atoms with van der Waals surface area (Å²) in [5, 5.41) is 11.7. The summed E-state index contributed by atoms with van der Waals surface area (Å²) in [4.78, 5) is 13.0. The molecule has 3 N–H and O–H groups in total. The minimum atomic E-state index is -3.96. The number of aromatic nitrogens is 1. The van der Waals surface area contributed by atoms with Crippen molar-refractivity contribution in [2.45, 2.75) is 50.6 Å². The largest absolute Gasteiger partial charge is 0.395 e. The summed E-state index contributed by atoms with van der Waals surface area (Å²) in [5.41, 5.74) is 1.04. The third kappa shape index (κ3) is 4.19. The first kappa shape index (κ1) is 21.4. The number of fused-ring (bicyclic) bond motifs is 1. The van der Waals surface area contributed by atoms with Crippen LogP contribution in [-0.4, -0.2) is 36.6 Å². The summed E-state index contributed by atoms with van der Waals surface area (Å²) in [6, 6.07) is 2.32. The number of carbonyl (C=O) groups excluding carboxylic acids is 1. The predicted octanol–water partition coefficient (Wildman–Crippen LogP) is 2.32. The molecule has 1 aliphatic heterocycles. The first-order chi connectivity index (χ1) is 13.7. The zero-order valence-corrected chi connectivity index (χ0v) is 16.9. The van der Waals surface area contributed by atoms with Crippen LogP contribution in [0.25, 0.3) is 0 Å². The van der Waals surface area contributed by atoms with Crippen molar-refractivity contribution in [3.8, 4) is 0 Å². The molecule has 1 amide bonds. The smallest absolute Gasteiger partial charge is 0.272 e. The zero-order chi connectivity index (χ0) is 21.3. The van der Waals surface area contributed by atoms with Gasteiger partial charge in [-0.3, -0.25) is 4.79 Å². The first-order valence-corrected chi connectivity index (χ1v) is 10.8. The van der Waals surface area contributed by atoms with Gasteiger partial charge >= 0.3 is 0 Å². The Hall–Kier alpha value is -2.30. The van der Waals surface area contributed by atoms with E-state index < -0.39 is 33.6 Å². The predicted molar refractivity (Wildman–Crippen MR) is 103 cm³/mol. The van der Waals surface area contributed by atoms with Gasteiger partial charge in [0.05, 0.1) is 6.61 Å². The zero-order valence-electron chi connectivity index (χ0n) is 16.1. The van der Waals surface area contributed by atoms with Crippen LogP contribution in [-0.2, 0) is 23.0 Å². The Morgan fingerprint density at radius 1 is 1.28 bits per heavy atom. The fourth-order valence-electron chi connectivity index (χ4n) is 3.62. The van der Waals surface area contributed by atoms with Crippen molar-refractivity contribution in [2.75, 3.05) is 11.9 Å². The molecule has 0 saturated carbocycles. The maximum atomic E-state index is 13.5. The lowest BCUT2D eigenvalue weighted by atomic mass is 10.1. The number of nitrogens with zero attached hydrogens (tertiary/aromatic N) is 1. The number of nitrogens with one attached hydrogen (secondary N) is 2. The highest BCUT2D eigenvalue weighted by molar-refractivity contribution is 7.89. The van der Waals surface area contributed by atoms with Crippen LogP contribution in [0.5, 0.6) is 0 Å². The van der Waals surface area contributed by atoms with E-state index in [0.717, 1.165) is 25.0 Å². The van der Waals surface area contributed by atoms with Crippen LogP contribution in [0.2, 0.25) is 0 Å². The van der Waals surface area contributed by atoms with Gasteiger partial charge in [-0.2, -0.15) is 0 Å². The van der Waals surface area contributed by atoms with Gasteiger partial charge in [-0.25, -0.2) is 21.9 Å². The van der Waals surface area contributed by atoms with Gasteiger partial charge in [0.25, 0.3) is 5.91 Å². The fraction of sp³-hybridized carbons (Fsp3) is 0.421. The summed E-state index contributed by atoms with van der Waals surface area (Å²) in [7, 11) is -3.96. The Kier molecular flexibility index (Phi) is 6.06. The molecule has 3 rings (SSSR count). The molecule has 158 valence electrons. The molecule has 0 radical (unpaired) electrons. The van der Waals surface area contributed by atoms with Crippen molar-refractivity contribution in [1.29, 1.82) is 0 Å². The molecule has 0 fully saturated rings. The van der Waals surface area contributed by atoms with Crippen molar-refractivity contribution in [3.63, 3.8) is 0 Å². The molecule has 1 unspecified atom stereocenters. The average molecular weight is 427 g/mol. The molecule has 0 spiro atoms. The van der Waals surface area contributed by atoms with Crippen molar-refractivity contribution in [2.24, 2.45) is 0 Å². The van der Waals surface area contributed by atoms with Crippen LogP contribution in [0, 0.1) is 18.6 Å². The molecule has 1 aromatic heterocycles. The van der Waals surface area contributed by atoms with E-state index in [1.54, 1.807) is 11.5 Å². The number of sulfonamides is 1. The molecule has 0 saturated heterocycles. The van der Waals surface area contributed by atoms with Gasteiger partial charge in [0.15, 0.2) is 11.6 Å². The van der Waals surface area contributed by atoms with E-state index >= 15 is 0 Å². The Morgan fingerprint density at radius 3 is 2.66 bits per heavy atom. The molecule has 2 heterocycles. The van der Waals surface area contributed by atoms with Crippen molar-refractivity contribution in [1.82, 2.24) is 9.29 Å². The molecule has 7 nitrogen and oxygen atoms in total. The lowest BCUT2D eigenvalue weighted by Crippen LogP contribution is -2.35. The van der Waals surface area contributed by atoms with Crippen LogP contribution in [0.4, 0.5) is 14.5 Å². The fourth-order valence-corrected chi connectivity index (χ4v) is 5.36. The van der Waals surface area contributed by atoms with Gasteiger partial charge in [-0.15, -0.1) is 0 Å². The average Bonchev–Trinajstić information content (AvgIpc) is 2.96. The molecule has 2 aromatic rings. The molecule has 29 heavy (non-hydrogen) atoms. The van der Waals surface area contributed by atoms with E-state index in [0.29, 0.717) is 18.7 Å². The number of carbonyl (C=O) groups is 1. The number of halogens is 2. The SMILES string of the molecule is Cc1c(S(=O)(=O)NC(C)CO)c2n(c1C(=O)Nc1ccc(F)c(F)c1)CCCC2. The van der Waals surface area contributed by atoms with Gasteiger partial charge in [0, 0.05) is 35.6 Å². The van der Waals surface area contributed by atoms with E-state index in [4.69, 9.17) is 0 Å². The summed E-state index contributed by atoms with van der Waals surface area (Å²) >= 11 is 0. The third-order valence-corrected chi connectivity index (χ3v) is 6.68. The molecule has 10 heteroatoms. The molecule has 1 aliphatic rings. The van der Waals surface area contributed by atoms with Gasteiger partial charge in [-0.1, -0.05) is 0 Å². The standard InChI is InChI=1S/C19H23F2N3O4S/c1-11(10-25)23-29(27,28)18-12(2)17(24-8-4-3-5-16(18)24)19(26)22-13-6-7-14(20)15(21)9-13/h6-7,9,11,23,25H,3-5,8,10H2,1-2H3,(H,22,26). The minimum absolute atomic E-state index is 0.0351. The number of anilines is 1. The topological polar surface area (TPSA) is 100 Å². The normalized spacial score (nSPS) is 15.1. The second kappa shape index (κ2) is 8.21. The number of hydrogen-bond donors (Lipinski definition) is 3. The van der Waals surface area contributed by atoms with E-state index in [2.05, 4.69) is 10.0 Å². The number of rotatable bonds is 6. The van der Waals surface area contributed by atoms with E-state index in [9.17, 15) is 27.1 Å². The van der Waals surface area contributed by atoms with E-state index in [-0.39, 0.29) is 28.4 Å². The van der Waals surface area contributed by atoms with Crippen LogP contribution < -0.4 is 10.0 Å². The second-order valence-electron chi connectivity index (χ2n) is 7.15. The van der Waals surface area contributed by atoms with E-state index in [1.165, 1.54) is 13.0 Å². The third-order valence-electron chi connectivity index (χ3n) is 4.89. The summed E-state index contributed by atoms with van der Waals surface area (Å²) < 4.78 is 56.5. The van der Waals surface area contributed by atoms with Crippen molar-refractivity contribution >= 4 is 21.6 Å². The lowest BCUT2D eigenvalue weighted by molar-refractivity contribution is 0.101. The number of aliphatic hydroxyl groups is 1. The quantitative estimate of drug-likeness (QED) is 0.659. The van der Waals surface area contributed by atoms with Gasteiger partial charge < -0.3 is 15.0 Å². The Balaban J connectivity index is 2.04. The van der Waals surface area contributed by atoms with Crippen LogP contribution in [0.3, 0.4) is 0 Å². The Morgan fingerprint density at radius 2 is 2.00 bits per heavy atom. The molecular weight excluding hydrogens is 404 g/mol. The molecule has 1 aromatic carbocycles. The summed E-state index contributed by atoms with van der Waals surface area (Å²) in [6.07, 6.45) is 2.06. The number of benzene rings is 1. The highest BCUT2D eigenvalue weighted by Gasteiger charge is 2.33. The number of hydrogen-bond acceptors (Lipinski definition) is 4. The maximum Gasteiger partial charge on any atom is 0.272 e. The lowest BCUT2D eigenvalue weighted by Gasteiger charge is -2.19. The van der Waals surface area contributed by atoms with Crippen LogP contribution in [0.1, 0.15) is 41.5 Å². The molecule has 0 aliphatic carbocycles. The highest BCUT2D eigenvalue weighted by atomic mass is 32.2. The number of aliphatic hydroxyl groups excluding tert-OH is 1. The van der Waals surface area contributed by atoms with Crippen molar-refractivity contribution in [3.05, 3.63) is 46.8 Å². The van der Waals surface area contributed by atoms with Crippen molar-refractivity contribution < 1.29 is 27.1 Å². The summed E-state index contributed by atoms with van der Waals surface area (Å²) in [5.74, 6) is -2.73. The van der Waals surface area contributed by atoms with Crippen LogP contribution in [0.15, 0.2) is 23.1 Å². The second-order valence-corrected chi connectivity index (χ2v) is 8.80. The summed E-state index contributed by atoms with van der Waals surface area (Å²) in [6.45, 7) is 3.19. The minimum Gasteiger partial charge on any atom is -0.395 e. The Labute approximate surface area is 167 Å². The van der Waals surface area contributed by atoms with Gasteiger partial charge in [0.1, 0.15) is 10.6 Å². The van der Waals surface area contributed by atoms with Gasteiger partial charge in [-0.05, 0) is 45.2 Å². The molecule has 1 atom stereocenters. The first-order valence-electron chi connectivity index (χ1n) is 9.27. The molecular formula is C19H23F2N3O4S. The highest BCUT2D eigenvalue weighted by Crippen LogP contribution is 2.32. The molecule has 0 bridgehead atoms. The Bertz CT molecular complexity index is 1050. The monoisotopic (exact) mass is 427 g/mol. The number of amides is 1. The van der Waals surface area contributed by atoms with Crippen LogP contribution >= 0.6 is 0 Å². The van der Waals surface area contributed by atoms with E-state index in [1.807, 2.05) is 0 Å². The van der Waals surface area contributed by atoms with Gasteiger partial charge in [0.2, 0.25) is 10.0 Å².